The molecule has 2 N–H and O–H groups in total. The highest BCUT2D eigenvalue weighted by molar-refractivity contribution is 5.85. The summed E-state index contributed by atoms with van der Waals surface area (Å²) in [6, 6.07) is 0. The van der Waals surface area contributed by atoms with E-state index in [0.717, 1.165) is 0 Å². The minimum atomic E-state index is -4.17. The Kier molecular flexibility index (Phi) is 5.83. The summed E-state index contributed by atoms with van der Waals surface area (Å²) in [5, 5.41) is 11.6. The van der Waals surface area contributed by atoms with Gasteiger partial charge in [0.1, 0.15) is 0 Å². The monoisotopic (exact) mass is 295 g/mol. The van der Waals surface area contributed by atoms with E-state index >= 15 is 0 Å². The van der Waals surface area contributed by atoms with Gasteiger partial charge in [0.25, 0.3) is 0 Å². The summed E-state index contributed by atoms with van der Waals surface area (Å²) < 4.78 is 35.8. The average Bonchev–Trinajstić information content (AvgIpc) is 2.69. The molecule has 1 saturated carbocycles. The van der Waals surface area contributed by atoms with Gasteiger partial charge >= 0.3 is 12.1 Å². The molecule has 1 fully saturated rings. The van der Waals surface area contributed by atoms with E-state index < -0.39 is 30.4 Å². The number of carboxylic acids is 1. The Labute approximate surface area is 115 Å². The predicted octanol–water partition coefficient (Wildman–Crippen LogP) is 2.58. The van der Waals surface area contributed by atoms with Crippen molar-refractivity contribution in [3.63, 3.8) is 0 Å². The molecule has 116 valence electrons. The van der Waals surface area contributed by atoms with Crippen LogP contribution in [0.3, 0.4) is 0 Å². The highest BCUT2D eigenvalue weighted by atomic mass is 19.4. The van der Waals surface area contributed by atoms with Crippen molar-refractivity contribution >= 4 is 11.9 Å². The van der Waals surface area contributed by atoms with Gasteiger partial charge in [-0.25, -0.2) is 0 Å². The smallest absolute Gasteiger partial charge is 0.389 e. The third-order valence-corrected chi connectivity index (χ3v) is 3.64. The number of carboxylic acid groups (broad SMARTS) is 1. The first kappa shape index (κ1) is 16.8. The minimum absolute atomic E-state index is 0.0345. The molecule has 4 nitrogen and oxygen atoms in total. The van der Waals surface area contributed by atoms with Crippen LogP contribution in [0.2, 0.25) is 0 Å². The van der Waals surface area contributed by atoms with Crippen LogP contribution in [0.15, 0.2) is 0 Å². The van der Waals surface area contributed by atoms with E-state index in [-0.39, 0.29) is 31.2 Å². The van der Waals surface area contributed by atoms with E-state index in [9.17, 15) is 22.8 Å². The normalized spacial score (nSPS) is 26.5. The molecule has 0 heterocycles. The fourth-order valence-electron chi connectivity index (χ4n) is 2.65. The SMILES string of the molecule is CC1CC(C(=O)O)C(C(=O)NCCCCC(F)(F)F)C1. The van der Waals surface area contributed by atoms with E-state index in [2.05, 4.69) is 5.32 Å². The third-order valence-electron chi connectivity index (χ3n) is 3.64. The number of nitrogens with one attached hydrogen (secondary N) is 1. The molecular formula is C13H20F3NO3. The highest BCUT2D eigenvalue weighted by Gasteiger charge is 2.40. The lowest BCUT2D eigenvalue weighted by molar-refractivity contribution is -0.146. The van der Waals surface area contributed by atoms with Crippen molar-refractivity contribution in [1.82, 2.24) is 5.32 Å². The van der Waals surface area contributed by atoms with Gasteiger partial charge in [-0.05, 0) is 31.6 Å². The largest absolute Gasteiger partial charge is 0.481 e. The zero-order valence-electron chi connectivity index (χ0n) is 11.4. The molecule has 1 aliphatic rings. The van der Waals surface area contributed by atoms with Crippen LogP contribution in [-0.4, -0.2) is 29.7 Å². The molecule has 7 heteroatoms. The number of alkyl halides is 3. The molecule has 0 saturated heterocycles. The minimum Gasteiger partial charge on any atom is -0.481 e. The Morgan fingerprint density at radius 1 is 1.20 bits per heavy atom. The van der Waals surface area contributed by atoms with Crippen molar-refractivity contribution < 1.29 is 27.9 Å². The molecule has 1 amide bonds. The lowest BCUT2D eigenvalue weighted by Gasteiger charge is -2.15. The molecule has 3 atom stereocenters. The van der Waals surface area contributed by atoms with Gasteiger partial charge in [-0.1, -0.05) is 6.92 Å². The second kappa shape index (κ2) is 6.95. The van der Waals surface area contributed by atoms with Crippen molar-refractivity contribution in [1.29, 1.82) is 0 Å². The number of aliphatic carboxylic acids is 1. The van der Waals surface area contributed by atoms with Crippen molar-refractivity contribution in [2.75, 3.05) is 6.54 Å². The van der Waals surface area contributed by atoms with Crippen LogP contribution in [0.5, 0.6) is 0 Å². The lowest BCUT2D eigenvalue weighted by atomic mass is 9.95. The van der Waals surface area contributed by atoms with Gasteiger partial charge in [-0.3, -0.25) is 9.59 Å². The molecule has 0 aliphatic heterocycles. The van der Waals surface area contributed by atoms with Gasteiger partial charge in [0, 0.05) is 13.0 Å². The van der Waals surface area contributed by atoms with Gasteiger partial charge in [-0.2, -0.15) is 13.2 Å². The summed E-state index contributed by atoms with van der Waals surface area (Å²) in [5.74, 6) is -2.40. The molecule has 0 radical (unpaired) electrons. The molecule has 1 rings (SSSR count). The zero-order chi connectivity index (χ0) is 15.3. The first-order chi connectivity index (χ1) is 9.20. The number of halogens is 3. The third kappa shape index (κ3) is 5.38. The Balaban J connectivity index is 2.30. The second-order valence-corrected chi connectivity index (χ2v) is 5.49. The summed E-state index contributed by atoms with van der Waals surface area (Å²) in [4.78, 5) is 22.9. The van der Waals surface area contributed by atoms with Gasteiger partial charge in [0.05, 0.1) is 11.8 Å². The van der Waals surface area contributed by atoms with E-state index in [0.29, 0.717) is 12.8 Å². The summed E-state index contributed by atoms with van der Waals surface area (Å²) in [7, 11) is 0. The van der Waals surface area contributed by atoms with E-state index in [1.54, 1.807) is 0 Å². The van der Waals surface area contributed by atoms with E-state index in [1.165, 1.54) is 0 Å². The van der Waals surface area contributed by atoms with Crippen molar-refractivity contribution in [2.45, 2.75) is 45.2 Å². The van der Waals surface area contributed by atoms with Gasteiger partial charge < -0.3 is 10.4 Å². The van der Waals surface area contributed by atoms with Crippen LogP contribution in [0.4, 0.5) is 13.2 Å². The molecule has 20 heavy (non-hydrogen) atoms. The molecular weight excluding hydrogens is 275 g/mol. The van der Waals surface area contributed by atoms with Crippen molar-refractivity contribution in [2.24, 2.45) is 17.8 Å². The first-order valence-corrected chi connectivity index (χ1v) is 6.78. The number of amides is 1. The van der Waals surface area contributed by atoms with Crippen LogP contribution in [0.1, 0.15) is 39.0 Å². The maximum atomic E-state index is 11.9. The predicted molar refractivity (Wildman–Crippen MR) is 65.9 cm³/mol. The zero-order valence-corrected chi connectivity index (χ0v) is 11.4. The van der Waals surface area contributed by atoms with E-state index in [4.69, 9.17) is 5.11 Å². The highest BCUT2D eigenvalue weighted by Crippen LogP contribution is 2.36. The van der Waals surface area contributed by atoms with Gasteiger partial charge in [0.2, 0.25) is 5.91 Å². The number of carbonyl (C=O) groups excluding carboxylic acids is 1. The van der Waals surface area contributed by atoms with Crippen LogP contribution < -0.4 is 5.32 Å². The van der Waals surface area contributed by atoms with Crippen molar-refractivity contribution in [3.8, 4) is 0 Å². The van der Waals surface area contributed by atoms with Crippen LogP contribution in [0.25, 0.3) is 0 Å². The number of unbranched alkanes of at least 4 members (excludes halogenated alkanes) is 1. The molecule has 3 unspecified atom stereocenters. The number of hydrogen-bond acceptors (Lipinski definition) is 2. The molecule has 0 aromatic heterocycles. The van der Waals surface area contributed by atoms with Crippen LogP contribution in [-0.2, 0) is 9.59 Å². The Hall–Kier alpha value is -1.27. The molecule has 0 aromatic carbocycles. The number of rotatable bonds is 6. The molecule has 0 bridgehead atoms. The Bertz CT molecular complexity index is 357. The topological polar surface area (TPSA) is 66.4 Å². The maximum absolute atomic E-state index is 11.9. The van der Waals surface area contributed by atoms with Crippen molar-refractivity contribution in [3.05, 3.63) is 0 Å². The molecule has 1 aliphatic carbocycles. The quantitative estimate of drug-likeness (QED) is 0.740. The summed E-state index contributed by atoms with van der Waals surface area (Å²) >= 11 is 0. The Morgan fingerprint density at radius 3 is 2.35 bits per heavy atom. The van der Waals surface area contributed by atoms with Gasteiger partial charge in [0.15, 0.2) is 0 Å². The summed E-state index contributed by atoms with van der Waals surface area (Å²) in [6.07, 6.45) is -3.83. The average molecular weight is 295 g/mol. The van der Waals surface area contributed by atoms with Crippen LogP contribution >= 0.6 is 0 Å². The standard InChI is InChI=1S/C13H20F3NO3/c1-8-6-9(10(7-8)12(19)20)11(18)17-5-3-2-4-13(14,15)16/h8-10H,2-7H2,1H3,(H,17,18)(H,19,20). The molecule has 0 spiro atoms. The first-order valence-electron chi connectivity index (χ1n) is 6.78. The van der Waals surface area contributed by atoms with Gasteiger partial charge in [-0.15, -0.1) is 0 Å². The second-order valence-electron chi connectivity index (χ2n) is 5.49. The fourth-order valence-corrected chi connectivity index (χ4v) is 2.65. The lowest BCUT2D eigenvalue weighted by Crippen LogP contribution is -2.35. The van der Waals surface area contributed by atoms with Crippen LogP contribution in [0, 0.1) is 17.8 Å². The number of hydrogen-bond donors (Lipinski definition) is 2. The number of carbonyl (C=O) groups is 2. The summed E-state index contributed by atoms with van der Waals surface area (Å²) in [5.41, 5.74) is 0. The molecule has 0 aromatic rings. The fraction of sp³-hybridized carbons (Fsp3) is 0.846. The maximum Gasteiger partial charge on any atom is 0.389 e. The summed E-state index contributed by atoms with van der Waals surface area (Å²) in [6.45, 7) is 2.05. The van der Waals surface area contributed by atoms with E-state index in [1.807, 2.05) is 6.92 Å². The Morgan fingerprint density at radius 2 is 1.80 bits per heavy atom.